The molecule has 65 heavy (non-hydrogen) atoms. The maximum Gasteiger partial charge on any atom is 0.164 e. The molecule has 3 aromatic heterocycles. The monoisotopic (exact) mass is 828 g/mol. The van der Waals surface area contributed by atoms with Crippen molar-refractivity contribution in [1.29, 1.82) is 0 Å². The Balaban J connectivity index is 0.927. The molecule has 302 valence electrons. The van der Waals surface area contributed by atoms with Crippen LogP contribution in [0.1, 0.15) is 22.6 Å². The van der Waals surface area contributed by atoms with Crippen molar-refractivity contribution in [2.45, 2.75) is 5.92 Å². The van der Waals surface area contributed by atoms with Gasteiger partial charge in [-0.25, -0.2) is 15.0 Å². The average molecular weight is 829 g/mol. The van der Waals surface area contributed by atoms with E-state index < -0.39 is 0 Å². The summed E-state index contributed by atoms with van der Waals surface area (Å²) in [5.74, 6) is 1.83. The second-order valence-corrected chi connectivity index (χ2v) is 17.1. The highest BCUT2D eigenvalue weighted by atomic mass is 16.3. The topological polar surface area (TPSA) is 56.7 Å². The SMILES string of the molecule is c1ccc(-n2c3ccccc3c3ccc4c(c32)C(c2ccc3c(c2)oc2cc(-c5nc(-c6ccc7ccccc7c6)nc(-c6ccc7ccccc7c6)n5)ccc23)c2ccccc2-4)cc1. The Morgan fingerprint density at radius 3 is 1.66 bits per heavy atom. The molecule has 0 fully saturated rings. The molecule has 14 rings (SSSR count). The van der Waals surface area contributed by atoms with Gasteiger partial charge >= 0.3 is 0 Å². The third-order valence-corrected chi connectivity index (χ3v) is 13.5. The number of furan rings is 1. The summed E-state index contributed by atoms with van der Waals surface area (Å²) in [6, 6.07) is 75.7. The lowest BCUT2D eigenvalue weighted by Crippen LogP contribution is -2.03. The summed E-state index contributed by atoms with van der Waals surface area (Å²) >= 11 is 0. The molecule has 1 aliphatic rings. The van der Waals surface area contributed by atoms with Gasteiger partial charge in [-0.1, -0.05) is 164 Å². The van der Waals surface area contributed by atoms with Crippen molar-refractivity contribution in [3.63, 3.8) is 0 Å². The van der Waals surface area contributed by atoms with Gasteiger partial charge in [-0.05, 0) is 97.9 Å². The van der Waals surface area contributed by atoms with Crippen LogP contribution in [0.5, 0.6) is 0 Å². The highest BCUT2D eigenvalue weighted by Gasteiger charge is 2.34. The van der Waals surface area contributed by atoms with E-state index in [9.17, 15) is 0 Å². The molecule has 3 heterocycles. The number of rotatable bonds is 5. The van der Waals surface area contributed by atoms with Gasteiger partial charge in [-0.2, -0.15) is 0 Å². The molecule has 10 aromatic carbocycles. The lowest BCUT2D eigenvalue weighted by Gasteiger charge is -2.18. The van der Waals surface area contributed by atoms with Gasteiger partial charge in [-0.3, -0.25) is 0 Å². The van der Waals surface area contributed by atoms with Gasteiger partial charge in [0, 0.05) is 49.8 Å². The molecule has 13 aromatic rings. The minimum Gasteiger partial charge on any atom is -0.456 e. The molecule has 5 heteroatoms. The number of para-hydroxylation sites is 2. The molecule has 1 aliphatic carbocycles. The van der Waals surface area contributed by atoms with Crippen LogP contribution in [0.3, 0.4) is 0 Å². The van der Waals surface area contributed by atoms with Gasteiger partial charge < -0.3 is 8.98 Å². The number of benzene rings is 10. The van der Waals surface area contributed by atoms with E-state index in [2.05, 4.69) is 217 Å². The van der Waals surface area contributed by atoms with Gasteiger partial charge in [0.05, 0.1) is 11.0 Å². The molecular formula is C60H36N4O. The van der Waals surface area contributed by atoms with Gasteiger partial charge in [0.1, 0.15) is 11.2 Å². The number of aromatic nitrogens is 4. The van der Waals surface area contributed by atoms with Crippen LogP contribution in [0, 0.1) is 0 Å². The van der Waals surface area contributed by atoms with Crippen molar-refractivity contribution >= 4 is 65.3 Å². The van der Waals surface area contributed by atoms with Crippen LogP contribution in [-0.2, 0) is 0 Å². The largest absolute Gasteiger partial charge is 0.456 e. The predicted octanol–water partition coefficient (Wildman–Crippen LogP) is 15.3. The first-order valence-corrected chi connectivity index (χ1v) is 22.1. The molecule has 0 amide bonds. The molecule has 0 N–H and O–H groups in total. The zero-order chi connectivity index (χ0) is 42.6. The second-order valence-electron chi connectivity index (χ2n) is 17.1. The fraction of sp³-hybridized carbons (Fsp3) is 0.0167. The second kappa shape index (κ2) is 13.9. The first-order chi connectivity index (χ1) is 32.2. The number of hydrogen-bond donors (Lipinski definition) is 0. The number of fused-ring (bicyclic) bond motifs is 12. The highest BCUT2D eigenvalue weighted by Crippen LogP contribution is 2.53. The van der Waals surface area contributed by atoms with Crippen molar-refractivity contribution in [3.05, 3.63) is 229 Å². The van der Waals surface area contributed by atoms with Crippen molar-refractivity contribution in [3.8, 4) is 51.0 Å². The Kier molecular flexibility index (Phi) is 7.68. The van der Waals surface area contributed by atoms with Gasteiger partial charge in [0.2, 0.25) is 0 Å². The zero-order valence-corrected chi connectivity index (χ0v) is 35.0. The van der Waals surface area contributed by atoms with Crippen molar-refractivity contribution in [2.75, 3.05) is 0 Å². The minimum absolute atomic E-state index is 0.00266. The molecule has 1 atom stereocenters. The van der Waals surface area contributed by atoms with Crippen molar-refractivity contribution in [1.82, 2.24) is 19.5 Å². The van der Waals surface area contributed by atoms with Crippen LogP contribution < -0.4 is 0 Å². The molecule has 0 aliphatic heterocycles. The van der Waals surface area contributed by atoms with Gasteiger partial charge in [0.25, 0.3) is 0 Å². The highest BCUT2D eigenvalue weighted by molar-refractivity contribution is 6.13. The van der Waals surface area contributed by atoms with Gasteiger partial charge in [0.15, 0.2) is 17.5 Å². The third-order valence-electron chi connectivity index (χ3n) is 13.5. The fourth-order valence-corrected chi connectivity index (χ4v) is 10.5. The summed E-state index contributed by atoms with van der Waals surface area (Å²) in [7, 11) is 0. The molecule has 0 bridgehead atoms. The molecule has 0 spiro atoms. The maximum atomic E-state index is 6.87. The molecule has 0 radical (unpaired) electrons. The van der Waals surface area contributed by atoms with Crippen LogP contribution in [0.25, 0.3) is 116 Å². The molecular weight excluding hydrogens is 793 g/mol. The molecule has 0 saturated heterocycles. The minimum atomic E-state index is -0.00266. The van der Waals surface area contributed by atoms with Crippen LogP contribution in [0.2, 0.25) is 0 Å². The Hall–Kier alpha value is -8.67. The Morgan fingerprint density at radius 2 is 0.938 bits per heavy atom. The van der Waals surface area contributed by atoms with E-state index in [1.54, 1.807) is 0 Å². The Morgan fingerprint density at radius 1 is 0.385 bits per heavy atom. The van der Waals surface area contributed by atoms with Gasteiger partial charge in [-0.15, -0.1) is 0 Å². The van der Waals surface area contributed by atoms with E-state index in [1.165, 1.54) is 60.4 Å². The summed E-state index contributed by atoms with van der Waals surface area (Å²) in [5.41, 5.74) is 14.3. The van der Waals surface area contributed by atoms with Crippen LogP contribution in [0.4, 0.5) is 0 Å². The lowest BCUT2D eigenvalue weighted by atomic mass is 9.87. The summed E-state index contributed by atoms with van der Waals surface area (Å²) in [6.07, 6.45) is 0. The number of nitrogens with zero attached hydrogens (tertiary/aromatic N) is 4. The van der Waals surface area contributed by atoms with Crippen molar-refractivity contribution in [2.24, 2.45) is 0 Å². The first kappa shape index (κ1) is 35.9. The zero-order valence-electron chi connectivity index (χ0n) is 35.0. The third kappa shape index (κ3) is 5.55. The Labute approximate surface area is 373 Å². The van der Waals surface area contributed by atoms with Crippen LogP contribution >= 0.6 is 0 Å². The van der Waals surface area contributed by atoms with E-state index >= 15 is 0 Å². The van der Waals surface area contributed by atoms with Crippen LogP contribution in [-0.4, -0.2) is 19.5 Å². The maximum absolute atomic E-state index is 6.87. The van der Waals surface area contributed by atoms with E-state index in [0.717, 1.165) is 55.1 Å². The summed E-state index contributed by atoms with van der Waals surface area (Å²) < 4.78 is 9.33. The molecule has 5 nitrogen and oxygen atoms in total. The normalized spacial score (nSPS) is 13.4. The van der Waals surface area contributed by atoms with E-state index in [-0.39, 0.29) is 5.92 Å². The standard InChI is InChI=1S/C60H36N4O/c1-2-16-44(17-3-1)64-52-21-11-10-19-46(52)51-31-30-50-45-18-8-9-20-49(45)55(56(50)57(51)64)40-26-28-47-48-29-27-43(35-54(48)65-53(47)34-40)60-62-58(41-24-22-36-12-4-6-14-38(36)32-41)61-59(63-60)42-25-23-37-13-5-7-15-39(37)33-42/h1-35,55H. The average Bonchev–Trinajstić information content (AvgIpc) is 4.03. The van der Waals surface area contributed by atoms with E-state index in [0.29, 0.717) is 17.5 Å². The first-order valence-electron chi connectivity index (χ1n) is 22.1. The van der Waals surface area contributed by atoms with Crippen molar-refractivity contribution < 1.29 is 4.42 Å². The Bertz CT molecular complexity index is 3990. The van der Waals surface area contributed by atoms with E-state index in [1.807, 2.05) is 0 Å². The fourth-order valence-electron chi connectivity index (χ4n) is 10.5. The quantitative estimate of drug-likeness (QED) is 0.173. The van der Waals surface area contributed by atoms with E-state index in [4.69, 9.17) is 19.4 Å². The lowest BCUT2D eigenvalue weighted by molar-refractivity contribution is 0.668. The number of hydrogen-bond acceptors (Lipinski definition) is 4. The van der Waals surface area contributed by atoms with Crippen LogP contribution in [0.15, 0.2) is 217 Å². The predicted molar refractivity (Wildman–Crippen MR) is 266 cm³/mol. The summed E-state index contributed by atoms with van der Waals surface area (Å²) in [5, 5.41) is 9.23. The molecule has 1 unspecified atom stereocenters. The molecule has 0 saturated carbocycles. The smallest absolute Gasteiger partial charge is 0.164 e. The summed E-state index contributed by atoms with van der Waals surface area (Å²) in [4.78, 5) is 15.4. The summed E-state index contributed by atoms with van der Waals surface area (Å²) in [6.45, 7) is 0.